The van der Waals surface area contributed by atoms with E-state index in [2.05, 4.69) is 21.2 Å². The highest BCUT2D eigenvalue weighted by Gasteiger charge is 2.41. The molecule has 2 aromatic carbocycles. The lowest BCUT2D eigenvalue weighted by Crippen LogP contribution is -2.64. The first-order valence-electron chi connectivity index (χ1n) is 11.8. The maximum absolute atomic E-state index is 13.6. The van der Waals surface area contributed by atoms with Crippen molar-refractivity contribution in [2.45, 2.75) is 57.3 Å². The van der Waals surface area contributed by atoms with Gasteiger partial charge in [0.05, 0.1) is 0 Å². The van der Waals surface area contributed by atoms with Gasteiger partial charge in [-0.05, 0) is 69.4 Å². The number of nitrogens with zero attached hydrogens (tertiary/aromatic N) is 2. The van der Waals surface area contributed by atoms with Crippen molar-refractivity contribution in [2.24, 2.45) is 5.73 Å². The van der Waals surface area contributed by atoms with E-state index in [0.717, 1.165) is 35.7 Å². The van der Waals surface area contributed by atoms with E-state index in [1.54, 1.807) is 24.3 Å². The Morgan fingerprint density at radius 1 is 0.912 bits per heavy atom. The Bertz CT molecular complexity index is 1000. The molecule has 0 radical (unpaired) electrons. The molecule has 1 aliphatic heterocycles. The van der Waals surface area contributed by atoms with Crippen molar-refractivity contribution in [1.82, 2.24) is 15.1 Å². The number of benzene rings is 2. The summed E-state index contributed by atoms with van der Waals surface area (Å²) in [7, 11) is 0. The molecule has 8 heteroatoms. The van der Waals surface area contributed by atoms with E-state index < -0.39 is 6.17 Å². The number of nitrogens with two attached hydrogens (primary N) is 1. The number of hydrogen-bond donors (Lipinski definition) is 2. The highest BCUT2D eigenvalue weighted by Crippen LogP contribution is 2.24. The predicted molar refractivity (Wildman–Crippen MR) is 134 cm³/mol. The highest BCUT2D eigenvalue weighted by atomic mass is 79.9. The van der Waals surface area contributed by atoms with Crippen LogP contribution < -0.4 is 11.1 Å². The van der Waals surface area contributed by atoms with Crippen LogP contribution in [0.15, 0.2) is 53.0 Å². The van der Waals surface area contributed by atoms with Gasteiger partial charge in [-0.2, -0.15) is 0 Å². The number of aryl methyl sites for hydroxylation is 1. The number of rotatable bonds is 4. The molecule has 2 aromatic rings. The molecular weight excluding hydrogens is 496 g/mol. The molecular formula is C26H31BrN4O3. The molecule has 3 N–H and O–H groups in total. The number of carbonyl (C=O) groups excluding carboxylic acids is 3. The second kappa shape index (κ2) is 10.7. The maximum atomic E-state index is 13.6. The lowest BCUT2D eigenvalue weighted by Gasteiger charge is -2.43. The molecule has 1 saturated heterocycles. The van der Waals surface area contributed by atoms with Gasteiger partial charge in [0.25, 0.3) is 17.7 Å². The van der Waals surface area contributed by atoms with Crippen LogP contribution >= 0.6 is 15.9 Å². The molecule has 7 nitrogen and oxygen atoms in total. The van der Waals surface area contributed by atoms with Gasteiger partial charge in [0.1, 0.15) is 0 Å². The van der Waals surface area contributed by atoms with Crippen molar-refractivity contribution >= 4 is 33.7 Å². The summed E-state index contributed by atoms with van der Waals surface area (Å²) in [5.74, 6) is -0.834. The molecule has 3 amide bonds. The molecule has 0 bridgehead atoms. The van der Waals surface area contributed by atoms with Crippen LogP contribution in [0.4, 0.5) is 0 Å². The van der Waals surface area contributed by atoms with Crippen LogP contribution in [0, 0.1) is 6.92 Å². The Kier molecular flexibility index (Phi) is 7.68. The van der Waals surface area contributed by atoms with Crippen LogP contribution in [0.1, 0.15) is 58.4 Å². The highest BCUT2D eigenvalue weighted by molar-refractivity contribution is 9.10. The molecule has 2 fully saturated rings. The van der Waals surface area contributed by atoms with E-state index in [1.165, 1.54) is 9.80 Å². The molecule has 2 aliphatic rings. The summed E-state index contributed by atoms with van der Waals surface area (Å²) in [5.41, 5.74) is 7.97. The predicted octanol–water partition coefficient (Wildman–Crippen LogP) is 3.46. The van der Waals surface area contributed by atoms with Gasteiger partial charge in [0.15, 0.2) is 6.17 Å². The summed E-state index contributed by atoms with van der Waals surface area (Å²) < 4.78 is 0.780. The fraction of sp³-hybridized carbons (Fsp3) is 0.423. The summed E-state index contributed by atoms with van der Waals surface area (Å²) in [6.07, 6.45) is 2.88. The molecule has 1 heterocycles. The average molecular weight is 527 g/mol. The largest absolute Gasteiger partial charge is 0.350 e. The average Bonchev–Trinajstić information content (AvgIpc) is 2.84. The fourth-order valence-corrected chi connectivity index (χ4v) is 5.20. The monoisotopic (exact) mass is 526 g/mol. The molecule has 1 saturated carbocycles. The number of carbonyl (C=O) groups is 3. The van der Waals surface area contributed by atoms with E-state index in [-0.39, 0.29) is 29.8 Å². The van der Waals surface area contributed by atoms with Crippen molar-refractivity contribution in [3.8, 4) is 0 Å². The zero-order chi connectivity index (χ0) is 24.2. The number of halogens is 1. The maximum Gasteiger partial charge on any atom is 0.264 e. The third kappa shape index (κ3) is 5.50. The second-order valence-corrected chi connectivity index (χ2v) is 10.1. The lowest BCUT2D eigenvalue weighted by atomic mass is 9.91. The normalized spacial score (nSPS) is 22.9. The Hall–Kier alpha value is -2.71. The molecule has 34 heavy (non-hydrogen) atoms. The van der Waals surface area contributed by atoms with Crippen LogP contribution in [0.5, 0.6) is 0 Å². The fourth-order valence-electron chi connectivity index (χ4n) is 4.80. The second-order valence-electron chi connectivity index (χ2n) is 9.22. The zero-order valence-electron chi connectivity index (χ0n) is 19.4. The quantitative estimate of drug-likeness (QED) is 0.637. The summed E-state index contributed by atoms with van der Waals surface area (Å²) in [5, 5.41) is 3.11. The van der Waals surface area contributed by atoms with E-state index in [1.807, 2.05) is 31.2 Å². The first-order chi connectivity index (χ1) is 16.3. The van der Waals surface area contributed by atoms with Crippen LogP contribution in [-0.2, 0) is 4.79 Å². The van der Waals surface area contributed by atoms with Crippen LogP contribution in [-0.4, -0.2) is 58.9 Å². The van der Waals surface area contributed by atoms with Crippen LogP contribution in [0.3, 0.4) is 0 Å². The van der Waals surface area contributed by atoms with Crippen molar-refractivity contribution in [2.75, 3.05) is 13.1 Å². The summed E-state index contributed by atoms with van der Waals surface area (Å²) in [6.45, 7) is 2.73. The van der Waals surface area contributed by atoms with Gasteiger partial charge in [-0.25, -0.2) is 0 Å². The molecule has 4 rings (SSSR count). The standard InChI is InChI=1S/C26H31BrN4O3/c1-17-5-2-6-18(15-17)25(33)30-13-4-14-31(26(34)19-7-3-8-20(27)16-19)24(30)23(32)29-22-11-9-21(28)10-12-22/h2-3,5-8,15-16,21-22,24H,4,9-14,28H2,1H3,(H,29,32). The zero-order valence-corrected chi connectivity index (χ0v) is 21.0. The third-order valence-electron chi connectivity index (χ3n) is 6.60. The number of amides is 3. The summed E-state index contributed by atoms with van der Waals surface area (Å²) in [6, 6.07) is 14.6. The first-order valence-corrected chi connectivity index (χ1v) is 12.6. The number of hydrogen-bond acceptors (Lipinski definition) is 4. The minimum Gasteiger partial charge on any atom is -0.350 e. The summed E-state index contributed by atoms with van der Waals surface area (Å²) >= 11 is 3.42. The molecule has 0 spiro atoms. The van der Waals surface area contributed by atoms with Crippen molar-refractivity contribution < 1.29 is 14.4 Å². The lowest BCUT2D eigenvalue weighted by molar-refractivity contribution is -0.133. The van der Waals surface area contributed by atoms with Crippen molar-refractivity contribution in [1.29, 1.82) is 0 Å². The Labute approximate surface area is 208 Å². The minimum absolute atomic E-state index is 0.00651. The van der Waals surface area contributed by atoms with Gasteiger partial charge in [0, 0.05) is 40.8 Å². The van der Waals surface area contributed by atoms with Gasteiger partial charge < -0.3 is 20.9 Å². The van der Waals surface area contributed by atoms with Crippen molar-refractivity contribution in [3.05, 3.63) is 69.7 Å². The minimum atomic E-state index is -1.01. The molecule has 180 valence electrons. The van der Waals surface area contributed by atoms with Gasteiger partial charge in [-0.15, -0.1) is 0 Å². The topological polar surface area (TPSA) is 95.7 Å². The van der Waals surface area contributed by atoms with E-state index in [0.29, 0.717) is 30.6 Å². The van der Waals surface area contributed by atoms with Gasteiger partial charge in [-0.3, -0.25) is 14.4 Å². The Balaban J connectivity index is 1.64. The molecule has 1 aliphatic carbocycles. The van der Waals surface area contributed by atoms with Gasteiger partial charge >= 0.3 is 0 Å². The van der Waals surface area contributed by atoms with Crippen molar-refractivity contribution in [3.63, 3.8) is 0 Å². The SMILES string of the molecule is Cc1cccc(C(=O)N2CCCN(C(=O)c3cccc(Br)c3)C2C(=O)NC2CCC(N)CC2)c1. The van der Waals surface area contributed by atoms with Crippen LogP contribution in [0.2, 0.25) is 0 Å². The Morgan fingerprint density at radius 2 is 1.50 bits per heavy atom. The van der Waals surface area contributed by atoms with Crippen LogP contribution in [0.25, 0.3) is 0 Å². The molecule has 0 aromatic heterocycles. The van der Waals surface area contributed by atoms with E-state index in [9.17, 15) is 14.4 Å². The molecule has 1 atom stereocenters. The van der Waals surface area contributed by atoms with E-state index >= 15 is 0 Å². The Morgan fingerprint density at radius 3 is 2.09 bits per heavy atom. The first kappa shape index (κ1) is 24.4. The third-order valence-corrected chi connectivity index (χ3v) is 7.09. The van der Waals surface area contributed by atoms with Gasteiger partial charge in [0.2, 0.25) is 0 Å². The summed E-state index contributed by atoms with van der Waals surface area (Å²) in [4.78, 5) is 43.8. The van der Waals surface area contributed by atoms with E-state index in [4.69, 9.17) is 5.73 Å². The smallest absolute Gasteiger partial charge is 0.264 e. The molecule has 1 unspecified atom stereocenters. The number of nitrogens with one attached hydrogen (secondary N) is 1. The van der Waals surface area contributed by atoms with Gasteiger partial charge in [-0.1, -0.05) is 39.7 Å².